The molecular formula is C19H22Cl2N2. The van der Waals surface area contributed by atoms with Gasteiger partial charge in [-0.3, -0.25) is 0 Å². The molecule has 0 radical (unpaired) electrons. The quantitative estimate of drug-likeness (QED) is 0.847. The van der Waals surface area contributed by atoms with Crippen LogP contribution in [0.3, 0.4) is 0 Å². The summed E-state index contributed by atoms with van der Waals surface area (Å²) in [5.74, 6) is 0. The molecule has 4 rings (SSSR count). The van der Waals surface area contributed by atoms with E-state index in [0.717, 1.165) is 19.6 Å². The number of nitrogens with one attached hydrogen (secondary N) is 1. The second kappa shape index (κ2) is 5.27. The number of rotatable bonds is 3. The second-order valence-corrected chi connectivity index (χ2v) is 8.11. The largest absolute Gasteiger partial charge is 0.349 e. The summed E-state index contributed by atoms with van der Waals surface area (Å²) in [5, 5.41) is 4.93. The zero-order chi connectivity index (χ0) is 16.2. The minimum Gasteiger partial charge on any atom is -0.349 e. The van der Waals surface area contributed by atoms with Crippen LogP contribution in [0, 0.1) is 19.3 Å². The normalized spacial score (nSPS) is 29.4. The van der Waals surface area contributed by atoms with Crippen LogP contribution in [0.2, 0.25) is 10.0 Å². The van der Waals surface area contributed by atoms with E-state index < -0.39 is 0 Å². The molecule has 1 N–H and O–H groups in total. The van der Waals surface area contributed by atoms with Crippen molar-refractivity contribution in [2.24, 2.45) is 5.41 Å². The van der Waals surface area contributed by atoms with Crippen LogP contribution in [0.25, 0.3) is 0 Å². The molecule has 1 aromatic carbocycles. The van der Waals surface area contributed by atoms with Gasteiger partial charge in [0.15, 0.2) is 0 Å². The lowest BCUT2D eigenvalue weighted by molar-refractivity contribution is 0.282. The third-order valence-electron chi connectivity index (χ3n) is 6.07. The number of nitrogens with zero attached hydrogens (tertiary/aromatic N) is 1. The monoisotopic (exact) mass is 348 g/mol. The molecule has 23 heavy (non-hydrogen) atoms. The highest BCUT2D eigenvalue weighted by Gasteiger charge is 2.68. The minimum atomic E-state index is 0.246. The first-order valence-electron chi connectivity index (χ1n) is 8.26. The molecule has 1 saturated heterocycles. The van der Waals surface area contributed by atoms with Crippen molar-refractivity contribution in [2.75, 3.05) is 13.1 Å². The number of aryl methyl sites for hydroxylation is 2. The van der Waals surface area contributed by atoms with Crippen LogP contribution in [-0.4, -0.2) is 17.7 Å². The first kappa shape index (κ1) is 15.6. The van der Waals surface area contributed by atoms with E-state index in [0.29, 0.717) is 10.0 Å². The molecule has 0 spiro atoms. The fourth-order valence-corrected chi connectivity index (χ4v) is 4.91. The Morgan fingerprint density at radius 3 is 2.52 bits per heavy atom. The summed E-state index contributed by atoms with van der Waals surface area (Å²) < 4.78 is 2.46. The number of benzene rings is 1. The van der Waals surface area contributed by atoms with E-state index in [9.17, 15) is 0 Å². The van der Waals surface area contributed by atoms with E-state index in [1.807, 2.05) is 6.07 Å². The Morgan fingerprint density at radius 1 is 1.09 bits per heavy atom. The molecule has 1 aliphatic carbocycles. The summed E-state index contributed by atoms with van der Waals surface area (Å²) in [7, 11) is 0. The first-order chi connectivity index (χ1) is 11.0. The number of fused-ring (bicyclic) bond motifs is 1. The van der Waals surface area contributed by atoms with Gasteiger partial charge >= 0.3 is 0 Å². The molecule has 4 heteroatoms. The van der Waals surface area contributed by atoms with Crippen LogP contribution in [0.4, 0.5) is 0 Å². The molecule has 2 fully saturated rings. The van der Waals surface area contributed by atoms with E-state index >= 15 is 0 Å². The highest BCUT2D eigenvalue weighted by Crippen LogP contribution is 2.68. The van der Waals surface area contributed by atoms with Crippen LogP contribution < -0.4 is 5.32 Å². The third kappa shape index (κ3) is 2.26. The van der Waals surface area contributed by atoms with Crippen molar-refractivity contribution in [1.29, 1.82) is 0 Å². The standard InChI is InChI=1S/C19H22Cl2N2/c1-13-3-4-14(2)23(13)12-18-10-19(18,7-8-22-11-18)15-5-6-16(20)17(21)9-15/h3-6,9,22H,7-8,10-12H2,1-2H3/t18-,19-/m1/s1. The second-order valence-electron chi connectivity index (χ2n) is 7.30. The van der Waals surface area contributed by atoms with Gasteiger partial charge in [-0.1, -0.05) is 29.3 Å². The first-order valence-corrected chi connectivity index (χ1v) is 9.02. The van der Waals surface area contributed by atoms with Gasteiger partial charge in [-0.2, -0.15) is 0 Å². The summed E-state index contributed by atoms with van der Waals surface area (Å²) >= 11 is 12.4. The highest BCUT2D eigenvalue weighted by atomic mass is 35.5. The van der Waals surface area contributed by atoms with Crippen molar-refractivity contribution in [3.05, 3.63) is 57.3 Å². The summed E-state index contributed by atoms with van der Waals surface area (Å²) in [4.78, 5) is 0. The lowest BCUT2D eigenvalue weighted by Crippen LogP contribution is -2.41. The van der Waals surface area contributed by atoms with Crippen molar-refractivity contribution >= 4 is 23.2 Å². The molecule has 2 atom stereocenters. The average Bonchev–Trinajstić information content (AvgIpc) is 3.13. The zero-order valence-electron chi connectivity index (χ0n) is 13.6. The third-order valence-corrected chi connectivity index (χ3v) is 6.81. The fraction of sp³-hybridized carbons (Fsp3) is 0.474. The molecule has 2 heterocycles. The van der Waals surface area contributed by atoms with E-state index in [1.165, 1.54) is 29.8 Å². The molecule has 1 aromatic heterocycles. The lowest BCUT2D eigenvalue weighted by atomic mass is 9.80. The lowest BCUT2D eigenvalue weighted by Gasteiger charge is -2.33. The van der Waals surface area contributed by atoms with E-state index in [2.05, 4.69) is 48.0 Å². The van der Waals surface area contributed by atoms with Gasteiger partial charge in [0, 0.05) is 35.3 Å². The minimum absolute atomic E-state index is 0.246. The Morgan fingerprint density at radius 2 is 1.83 bits per heavy atom. The van der Waals surface area contributed by atoms with E-state index in [4.69, 9.17) is 23.2 Å². The zero-order valence-corrected chi connectivity index (χ0v) is 15.1. The van der Waals surface area contributed by atoms with E-state index in [1.54, 1.807) is 0 Å². The van der Waals surface area contributed by atoms with Gasteiger partial charge in [0.1, 0.15) is 0 Å². The maximum absolute atomic E-state index is 6.30. The van der Waals surface area contributed by atoms with Gasteiger partial charge in [0.25, 0.3) is 0 Å². The van der Waals surface area contributed by atoms with Gasteiger partial charge in [-0.15, -0.1) is 0 Å². The van der Waals surface area contributed by atoms with Crippen LogP contribution in [0.1, 0.15) is 29.8 Å². The van der Waals surface area contributed by atoms with Crippen LogP contribution in [-0.2, 0) is 12.0 Å². The smallest absolute Gasteiger partial charge is 0.0595 e. The molecule has 2 nitrogen and oxygen atoms in total. The van der Waals surface area contributed by atoms with E-state index in [-0.39, 0.29) is 10.8 Å². The summed E-state index contributed by atoms with van der Waals surface area (Å²) in [5.41, 5.74) is 4.58. The molecule has 122 valence electrons. The molecule has 0 unspecified atom stereocenters. The van der Waals surface area contributed by atoms with Gasteiger partial charge in [-0.25, -0.2) is 0 Å². The number of halogens is 2. The van der Waals surface area contributed by atoms with Gasteiger partial charge < -0.3 is 9.88 Å². The Labute approximate surface area is 147 Å². The van der Waals surface area contributed by atoms with Crippen molar-refractivity contribution in [3.8, 4) is 0 Å². The van der Waals surface area contributed by atoms with Crippen LogP contribution >= 0.6 is 23.2 Å². The van der Waals surface area contributed by atoms with Crippen LogP contribution in [0.5, 0.6) is 0 Å². The van der Waals surface area contributed by atoms with Crippen molar-refractivity contribution in [3.63, 3.8) is 0 Å². The molecular weight excluding hydrogens is 327 g/mol. The molecule has 2 aromatic rings. The van der Waals surface area contributed by atoms with Crippen molar-refractivity contribution in [1.82, 2.24) is 9.88 Å². The highest BCUT2D eigenvalue weighted by molar-refractivity contribution is 6.42. The molecule has 1 aliphatic heterocycles. The maximum Gasteiger partial charge on any atom is 0.0595 e. The topological polar surface area (TPSA) is 17.0 Å². The summed E-state index contributed by atoms with van der Waals surface area (Å²) in [6.07, 6.45) is 2.40. The van der Waals surface area contributed by atoms with Gasteiger partial charge in [0.2, 0.25) is 0 Å². The predicted octanol–water partition coefficient (Wildman–Crippen LogP) is 4.73. The number of hydrogen-bond acceptors (Lipinski definition) is 1. The maximum atomic E-state index is 6.30. The Balaban J connectivity index is 1.72. The molecule has 2 aliphatic rings. The summed E-state index contributed by atoms with van der Waals surface area (Å²) in [6.45, 7) is 7.62. The Kier molecular flexibility index (Phi) is 3.57. The molecule has 1 saturated carbocycles. The fourth-order valence-electron chi connectivity index (χ4n) is 4.61. The summed E-state index contributed by atoms with van der Waals surface area (Å²) in [6, 6.07) is 10.6. The predicted molar refractivity (Wildman–Crippen MR) is 96.6 cm³/mol. The molecule has 0 amide bonds. The Bertz CT molecular complexity index is 747. The van der Waals surface area contributed by atoms with Gasteiger partial charge in [0.05, 0.1) is 10.0 Å². The van der Waals surface area contributed by atoms with Crippen molar-refractivity contribution < 1.29 is 0 Å². The number of hydrogen-bond donors (Lipinski definition) is 1. The average molecular weight is 349 g/mol. The van der Waals surface area contributed by atoms with Gasteiger partial charge in [-0.05, 0) is 63.1 Å². The van der Waals surface area contributed by atoms with Crippen LogP contribution in [0.15, 0.2) is 30.3 Å². The Hall–Kier alpha value is -0.960. The van der Waals surface area contributed by atoms with Crippen molar-refractivity contribution in [2.45, 2.75) is 38.6 Å². The molecule has 0 bridgehead atoms. The number of piperidine rings is 1. The SMILES string of the molecule is Cc1ccc(C)n1C[C@@]12CNCC[C@]1(c1ccc(Cl)c(Cl)c1)C2. The number of aromatic nitrogens is 1.